The van der Waals surface area contributed by atoms with Gasteiger partial charge in [-0.25, -0.2) is 0 Å². The van der Waals surface area contributed by atoms with Gasteiger partial charge in [0.2, 0.25) is 0 Å². The molecule has 5 nitrogen and oxygen atoms in total. The van der Waals surface area contributed by atoms with E-state index in [2.05, 4.69) is 0 Å². The quantitative estimate of drug-likeness (QED) is 0.849. The summed E-state index contributed by atoms with van der Waals surface area (Å²) >= 11 is 0. The number of amides is 1. The van der Waals surface area contributed by atoms with Crippen molar-refractivity contribution >= 4 is 17.6 Å². The predicted molar refractivity (Wildman–Crippen MR) is 74.6 cm³/mol. The Morgan fingerprint density at radius 3 is 2.47 bits per heavy atom. The molecule has 0 aliphatic carbocycles. The van der Waals surface area contributed by atoms with E-state index >= 15 is 0 Å². The molecule has 0 bridgehead atoms. The highest BCUT2D eigenvalue weighted by molar-refractivity contribution is 5.96. The molecule has 1 rings (SSSR count). The molecule has 0 aliphatic rings. The third-order valence-corrected chi connectivity index (χ3v) is 2.72. The largest absolute Gasteiger partial charge is 0.480 e. The van der Waals surface area contributed by atoms with Crippen LogP contribution in [-0.4, -0.2) is 49.1 Å². The molecule has 1 N–H and O–H groups in total. The van der Waals surface area contributed by atoms with E-state index < -0.39 is 5.97 Å². The Morgan fingerprint density at radius 2 is 1.95 bits per heavy atom. The van der Waals surface area contributed by atoms with Crippen molar-refractivity contribution in [2.24, 2.45) is 0 Å². The second-order valence-corrected chi connectivity index (χ2v) is 4.57. The van der Waals surface area contributed by atoms with Crippen LogP contribution in [0.4, 0.5) is 5.69 Å². The fraction of sp³-hybridized carbons (Fsp3) is 0.429. The van der Waals surface area contributed by atoms with Crippen LogP contribution >= 0.6 is 0 Å². The highest BCUT2D eigenvalue weighted by Crippen LogP contribution is 2.15. The number of carboxylic acid groups (broad SMARTS) is 1. The zero-order valence-corrected chi connectivity index (χ0v) is 11.6. The molecule has 0 unspecified atom stereocenters. The molecule has 104 valence electrons. The second kappa shape index (κ2) is 6.78. The molecule has 0 saturated carbocycles. The molecule has 0 saturated heterocycles. The first-order valence-corrected chi connectivity index (χ1v) is 6.24. The standard InChI is InChI=1S/C14H20N2O3/c1-4-8-16(10-13(17)18)14(19)11-6-5-7-12(9-11)15(2)3/h5-7,9H,4,8,10H2,1-3H3,(H,17,18). The Kier molecular flexibility index (Phi) is 5.36. The first kappa shape index (κ1) is 15.0. The van der Waals surface area contributed by atoms with E-state index in [1.54, 1.807) is 18.2 Å². The van der Waals surface area contributed by atoms with Crippen LogP contribution in [0.5, 0.6) is 0 Å². The second-order valence-electron chi connectivity index (χ2n) is 4.57. The number of carbonyl (C=O) groups is 2. The van der Waals surface area contributed by atoms with E-state index in [1.165, 1.54) is 4.90 Å². The van der Waals surface area contributed by atoms with Crippen LogP contribution in [0.2, 0.25) is 0 Å². The lowest BCUT2D eigenvalue weighted by Gasteiger charge is -2.21. The Balaban J connectivity index is 2.95. The van der Waals surface area contributed by atoms with E-state index in [4.69, 9.17) is 5.11 Å². The summed E-state index contributed by atoms with van der Waals surface area (Å²) in [4.78, 5) is 26.3. The number of carbonyl (C=O) groups excluding carboxylic acids is 1. The normalized spacial score (nSPS) is 10.1. The highest BCUT2D eigenvalue weighted by Gasteiger charge is 2.18. The van der Waals surface area contributed by atoms with Gasteiger partial charge < -0.3 is 14.9 Å². The average molecular weight is 264 g/mol. The van der Waals surface area contributed by atoms with Crippen molar-refractivity contribution in [3.63, 3.8) is 0 Å². The lowest BCUT2D eigenvalue weighted by atomic mass is 10.1. The van der Waals surface area contributed by atoms with E-state index in [-0.39, 0.29) is 12.5 Å². The zero-order valence-electron chi connectivity index (χ0n) is 11.6. The number of carboxylic acids is 1. The molecule has 1 aromatic rings. The van der Waals surface area contributed by atoms with Gasteiger partial charge in [-0.3, -0.25) is 9.59 Å². The summed E-state index contributed by atoms with van der Waals surface area (Å²) in [7, 11) is 3.79. The molecule has 0 radical (unpaired) electrons. The summed E-state index contributed by atoms with van der Waals surface area (Å²) in [6.45, 7) is 2.09. The summed E-state index contributed by atoms with van der Waals surface area (Å²) in [5.74, 6) is -1.24. The van der Waals surface area contributed by atoms with Gasteiger partial charge in [0, 0.05) is 31.9 Å². The molecule has 1 aromatic carbocycles. The molecular formula is C14H20N2O3. The first-order valence-electron chi connectivity index (χ1n) is 6.24. The minimum atomic E-state index is -0.995. The summed E-state index contributed by atoms with van der Waals surface area (Å²) < 4.78 is 0. The number of benzene rings is 1. The SMILES string of the molecule is CCCN(CC(=O)O)C(=O)c1cccc(N(C)C)c1. The Labute approximate surface area is 113 Å². The third kappa shape index (κ3) is 4.28. The number of hydrogen-bond acceptors (Lipinski definition) is 3. The lowest BCUT2D eigenvalue weighted by Crippen LogP contribution is -2.36. The van der Waals surface area contributed by atoms with E-state index in [1.807, 2.05) is 32.0 Å². The van der Waals surface area contributed by atoms with Crippen molar-refractivity contribution in [2.45, 2.75) is 13.3 Å². The van der Waals surface area contributed by atoms with Gasteiger partial charge in [-0.1, -0.05) is 13.0 Å². The maximum Gasteiger partial charge on any atom is 0.323 e. The Morgan fingerprint density at radius 1 is 1.26 bits per heavy atom. The molecule has 19 heavy (non-hydrogen) atoms. The Hall–Kier alpha value is -2.04. The van der Waals surface area contributed by atoms with Crippen LogP contribution in [0.15, 0.2) is 24.3 Å². The van der Waals surface area contributed by atoms with Crippen LogP contribution in [0.25, 0.3) is 0 Å². The number of anilines is 1. The van der Waals surface area contributed by atoms with Crippen LogP contribution < -0.4 is 4.90 Å². The van der Waals surface area contributed by atoms with Gasteiger partial charge in [-0.15, -0.1) is 0 Å². The monoisotopic (exact) mass is 264 g/mol. The molecule has 1 amide bonds. The summed E-state index contributed by atoms with van der Waals surface area (Å²) in [6, 6.07) is 7.18. The van der Waals surface area contributed by atoms with Gasteiger partial charge in [0.25, 0.3) is 5.91 Å². The smallest absolute Gasteiger partial charge is 0.323 e. The molecule has 0 aromatic heterocycles. The van der Waals surface area contributed by atoms with Gasteiger partial charge >= 0.3 is 5.97 Å². The van der Waals surface area contributed by atoms with Crippen molar-refractivity contribution in [3.05, 3.63) is 29.8 Å². The van der Waals surface area contributed by atoms with Crippen LogP contribution in [0.1, 0.15) is 23.7 Å². The van der Waals surface area contributed by atoms with Crippen molar-refractivity contribution < 1.29 is 14.7 Å². The predicted octanol–water partition coefficient (Wildman–Crippen LogP) is 1.69. The van der Waals surface area contributed by atoms with E-state index in [0.29, 0.717) is 12.1 Å². The van der Waals surface area contributed by atoms with Crippen molar-refractivity contribution in [2.75, 3.05) is 32.1 Å². The van der Waals surface area contributed by atoms with Gasteiger partial charge in [-0.05, 0) is 24.6 Å². The fourth-order valence-electron chi connectivity index (χ4n) is 1.79. The molecule has 0 spiro atoms. The minimum Gasteiger partial charge on any atom is -0.480 e. The molecule has 0 heterocycles. The van der Waals surface area contributed by atoms with Crippen LogP contribution in [0.3, 0.4) is 0 Å². The van der Waals surface area contributed by atoms with Crippen molar-refractivity contribution in [1.82, 2.24) is 4.90 Å². The maximum atomic E-state index is 12.3. The maximum absolute atomic E-state index is 12.3. The fourth-order valence-corrected chi connectivity index (χ4v) is 1.79. The zero-order chi connectivity index (χ0) is 14.4. The highest BCUT2D eigenvalue weighted by atomic mass is 16.4. The number of nitrogens with zero attached hydrogens (tertiary/aromatic N) is 2. The molecular weight excluding hydrogens is 244 g/mol. The topological polar surface area (TPSA) is 60.9 Å². The number of hydrogen-bond donors (Lipinski definition) is 1. The number of rotatable bonds is 6. The molecule has 0 aliphatic heterocycles. The summed E-state index contributed by atoms with van der Waals surface area (Å²) in [5.41, 5.74) is 1.43. The Bertz CT molecular complexity index is 458. The van der Waals surface area contributed by atoms with Crippen molar-refractivity contribution in [1.29, 1.82) is 0 Å². The molecule has 0 fully saturated rings. The third-order valence-electron chi connectivity index (χ3n) is 2.72. The van der Waals surface area contributed by atoms with Gasteiger partial charge in [0.05, 0.1) is 0 Å². The molecule has 0 atom stereocenters. The minimum absolute atomic E-state index is 0.243. The van der Waals surface area contributed by atoms with Crippen molar-refractivity contribution in [3.8, 4) is 0 Å². The summed E-state index contributed by atoms with van der Waals surface area (Å²) in [5, 5.41) is 8.85. The van der Waals surface area contributed by atoms with Gasteiger partial charge in [0.1, 0.15) is 6.54 Å². The first-order chi connectivity index (χ1) is 8.95. The van der Waals surface area contributed by atoms with Gasteiger partial charge in [0.15, 0.2) is 0 Å². The van der Waals surface area contributed by atoms with Crippen LogP contribution in [0, 0.1) is 0 Å². The van der Waals surface area contributed by atoms with Gasteiger partial charge in [-0.2, -0.15) is 0 Å². The lowest BCUT2D eigenvalue weighted by molar-refractivity contribution is -0.137. The van der Waals surface area contributed by atoms with E-state index in [0.717, 1.165) is 12.1 Å². The van der Waals surface area contributed by atoms with Crippen LogP contribution in [-0.2, 0) is 4.79 Å². The number of aliphatic carboxylic acids is 1. The molecule has 5 heteroatoms. The average Bonchev–Trinajstić information content (AvgIpc) is 2.37. The van der Waals surface area contributed by atoms with E-state index in [9.17, 15) is 9.59 Å². The summed E-state index contributed by atoms with van der Waals surface area (Å²) in [6.07, 6.45) is 0.729.